The van der Waals surface area contributed by atoms with E-state index in [-0.39, 0.29) is 11.4 Å². The average molecular weight is 235 g/mol. The molecule has 1 aliphatic rings. The highest BCUT2D eigenvalue weighted by Crippen LogP contribution is 2.16. The Morgan fingerprint density at radius 1 is 1.50 bits per heavy atom. The number of urea groups is 1. The molecule has 0 spiro atoms. The van der Waals surface area contributed by atoms with Crippen LogP contribution in [-0.2, 0) is 4.79 Å². The van der Waals surface area contributed by atoms with E-state index in [4.69, 9.17) is 5.41 Å². The second kappa shape index (κ2) is 3.90. The molecule has 0 bridgehead atoms. The highest BCUT2D eigenvalue weighted by Gasteiger charge is 2.30. The molecule has 0 saturated carbocycles. The van der Waals surface area contributed by atoms with Crippen molar-refractivity contribution in [1.29, 1.82) is 5.41 Å². The highest BCUT2D eigenvalue weighted by atomic mass is 32.1. The number of hydrogen-bond donors (Lipinski definition) is 2. The Morgan fingerprint density at radius 2 is 2.25 bits per heavy atom. The van der Waals surface area contributed by atoms with Gasteiger partial charge in [0.1, 0.15) is 5.84 Å². The predicted molar refractivity (Wildman–Crippen MR) is 61.3 cm³/mol. The number of nitrogens with one attached hydrogen (secondary N) is 2. The fourth-order valence-electron chi connectivity index (χ4n) is 1.29. The fraction of sp³-hybridized carbons (Fsp3) is 0.100. The van der Waals surface area contributed by atoms with E-state index in [0.717, 1.165) is 9.78 Å². The van der Waals surface area contributed by atoms with Gasteiger partial charge in [0, 0.05) is 11.9 Å². The molecule has 5 nitrogen and oxygen atoms in total. The van der Waals surface area contributed by atoms with Crippen LogP contribution in [0.4, 0.5) is 4.79 Å². The second-order valence-electron chi connectivity index (χ2n) is 3.24. The first-order valence-electron chi connectivity index (χ1n) is 4.53. The fourth-order valence-corrected chi connectivity index (χ4v) is 1.94. The summed E-state index contributed by atoms with van der Waals surface area (Å²) in [5, 5.41) is 11.7. The number of thiophene rings is 1. The van der Waals surface area contributed by atoms with Crippen molar-refractivity contribution in [3.05, 3.63) is 28.0 Å². The maximum Gasteiger partial charge on any atom is 0.329 e. The average Bonchev–Trinajstić information content (AvgIpc) is 2.74. The van der Waals surface area contributed by atoms with Gasteiger partial charge < -0.3 is 0 Å². The van der Waals surface area contributed by atoms with Crippen molar-refractivity contribution in [2.75, 3.05) is 7.05 Å². The molecule has 6 heteroatoms. The molecule has 0 aliphatic carbocycles. The molecule has 1 aliphatic heterocycles. The highest BCUT2D eigenvalue weighted by molar-refractivity contribution is 7.10. The number of imide groups is 1. The number of amides is 3. The van der Waals surface area contributed by atoms with Crippen molar-refractivity contribution in [2.24, 2.45) is 0 Å². The number of carbonyl (C=O) groups excluding carboxylic acids is 2. The van der Waals surface area contributed by atoms with Crippen LogP contribution in [0.15, 0.2) is 23.1 Å². The van der Waals surface area contributed by atoms with Gasteiger partial charge in [-0.15, -0.1) is 11.3 Å². The summed E-state index contributed by atoms with van der Waals surface area (Å²) in [4.78, 5) is 24.8. The Hall–Kier alpha value is -1.95. The molecule has 82 valence electrons. The summed E-state index contributed by atoms with van der Waals surface area (Å²) in [7, 11) is 1.38. The van der Waals surface area contributed by atoms with Gasteiger partial charge in [0.15, 0.2) is 0 Å². The van der Waals surface area contributed by atoms with E-state index >= 15 is 0 Å². The van der Waals surface area contributed by atoms with Crippen LogP contribution in [0.5, 0.6) is 0 Å². The van der Waals surface area contributed by atoms with Crippen molar-refractivity contribution in [1.82, 2.24) is 10.2 Å². The Kier molecular flexibility index (Phi) is 2.57. The molecule has 2 N–H and O–H groups in total. The molecule has 1 aromatic heterocycles. The van der Waals surface area contributed by atoms with Crippen LogP contribution in [0, 0.1) is 5.41 Å². The third-order valence-corrected chi connectivity index (χ3v) is 2.99. The zero-order valence-electron chi connectivity index (χ0n) is 8.48. The first kappa shape index (κ1) is 10.6. The van der Waals surface area contributed by atoms with Gasteiger partial charge in [0.05, 0.1) is 5.57 Å². The summed E-state index contributed by atoms with van der Waals surface area (Å²) in [5.41, 5.74) is 0.199. The van der Waals surface area contributed by atoms with E-state index in [1.165, 1.54) is 18.4 Å². The van der Waals surface area contributed by atoms with Gasteiger partial charge in [-0.1, -0.05) is 6.07 Å². The summed E-state index contributed by atoms with van der Waals surface area (Å²) in [6.45, 7) is 0. The van der Waals surface area contributed by atoms with Gasteiger partial charge in [-0.2, -0.15) is 0 Å². The predicted octanol–water partition coefficient (Wildman–Crippen LogP) is 1.29. The Balaban J connectivity index is 2.37. The first-order chi connectivity index (χ1) is 7.59. The van der Waals surface area contributed by atoms with Gasteiger partial charge in [-0.05, 0) is 17.5 Å². The first-order valence-corrected chi connectivity index (χ1v) is 5.40. The van der Waals surface area contributed by atoms with Gasteiger partial charge in [0.25, 0.3) is 5.91 Å². The van der Waals surface area contributed by atoms with E-state index in [2.05, 4.69) is 5.32 Å². The topological polar surface area (TPSA) is 73.3 Å². The van der Waals surface area contributed by atoms with E-state index in [9.17, 15) is 9.59 Å². The largest absolute Gasteiger partial charge is 0.329 e. The molecule has 0 radical (unpaired) electrons. The van der Waals surface area contributed by atoms with Gasteiger partial charge >= 0.3 is 6.03 Å². The number of hydrogen-bond acceptors (Lipinski definition) is 4. The summed E-state index contributed by atoms with van der Waals surface area (Å²) in [5.74, 6) is -0.608. The van der Waals surface area contributed by atoms with Crippen molar-refractivity contribution in [2.45, 2.75) is 0 Å². The number of nitrogens with zero attached hydrogens (tertiary/aromatic N) is 1. The summed E-state index contributed by atoms with van der Waals surface area (Å²) in [6.07, 6.45) is 1.60. The van der Waals surface area contributed by atoms with Crippen molar-refractivity contribution in [3.63, 3.8) is 0 Å². The van der Waals surface area contributed by atoms with Crippen molar-refractivity contribution in [3.8, 4) is 0 Å². The molecule has 16 heavy (non-hydrogen) atoms. The molecule has 1 aromatic rings. The molecule has 1 saturated heterocycles. The minimum Gasteiger partial charge on any atom is -0.292 e. The molecule has 0 atom stereocenters. The normalized spacial score (nSPS) is 19.2. The van der Waals surface area contributed by atoms with Crippen LogP contribution in [0.1, 0.15) is 4.88 Å². The van der Waals surface area contributed by atoms with Crippen molar-refractivity contribution >= 4 is 35.2 Å². The Labute approximate surface area is 95.9 Å². The molecule has 1 fully saturated rings. The third-order valence-electron chi connectivity index (χ3n) is 2.17. The number of rotatable bonds is 1. The second-order valence-corrected chi connectivity index (χ2v) is 4.22. The van der Waals surface area contributed by atoms with Gasteiger partial charge in [-0.25, -0.2) is 4.79 Å². The lowest BCUT2D eigenvalue weighted by Crippen LogP contribution is -2.51. The minimum atomic E-state index is -0.571. The lowest BCUT2D eigenvalue weighted by atomic mass is 10.1. The van der Waals surface area contributed by atoms with E-state index in [0.29, 0.717) is 0 Å². The van der Waals surface area contributed by atoms with E-state index in [1.807, 2.05) is 17.5 Å². The van der Waals surface area contributed by atoms with Gasteiger partial charge in [-0.3, -0.25) is 20.4 Å². The van der Waals surface area contributed by atoms with Crippen LogP contribution >= 0.6 is 11.3 Å². The zero-order chi connectivity index (χ0) is 11.7. The molecule has 0 aromatic carbocycles. The Morgan fingerprint density at radius 3 is 2.88 bits per heavy atom. The molecule has 0 unspecified atom stereocenters. The van der Waals surface area contributed by atoms with Crippen LogP contribution in [0.25, 0.3) is 6.08 Å². The minimum absolute atomic E-state index is 0.151. The molecular formula is C10H9N3O2S. The summed E-state index contributed by atoms with van der Waals surface area (Å²) in [6, 6.07) is 3.13. The van der Waals surface area contributed by atoms with Crippen LogP contribution in [0.3, 0.4) is 0 Å². The molecular weight excluding hydrogens is 226 g/mol. The SMILES string of the molecule is CN1C(=O)NC(=N)/C(=C\c2cccs2)C1=O. The smallest absolute Gasteiger partial charge is 0.292 e. The summed E-state index contributed by atoms with van der Waals surface area (Å²) >= 11 is 1.47. The van der Waals surface area contributed by atoms with Gasteiger partial charge in [0.2, 0.25) is 0 Å². The molecule has 2 heterocycles. The maximum atomic E-state index is 11.7. The van der Waals surface area contributed by atoms with Crippen molar-refractivity contribution < 1.29 is 9.59 Å². The quantitative estimate of drug-likeness (QED) is 0.720. The van der Waals surface area contributed by atoms with Crippen LogP contribution in [0.2, 0.25) is 0 Å². The zero-order valence-corrected chi connectivity index (χ0v) is 9.30. The number of likely N-dealkylation sites (N-methyl/N-ethyl adjacent to an activating group) is 1. The lowest BCUT2D eigenvalue weighted by molar-refractivity contribution is -0.123. The molecule has 2 rings (SSSR count). The number of carbonyl (C=O) groups is 2. The standard InChI is InChI=1S/C10H9N3O2S/c1-13-9(14)7(8(11)12-10(13)15)5-6-3-2-4-16-6/h2-5H,1H3,(H2,11,12,15)/b7-5+. The van der Waals surface area contributed by atoms with Crippen LogP contribution in [-0.4, -0.2) is 29.7 Å². The Bertz CT molecular complexity index is 490. The van der Waals surface area contributed by atoms with E-state index in [1.54, 1.807) is 6.08 Å². The van der Waals surface area contributed by atoms with Crippen LogP contribution < -0.4 is 5.32 Å². The lowest BCUT2D eigenvalue weighted by Gasteiger charge is -2.23. The maximum absolute atomic E-state index is 11.7. The molecule has 3 amide bonds. The monoisotopic (exact) mass is 235 g/mol. The number of amidine groups is 1. The third kappa shape index (κ3) is 1.74. The van der Waals surface area contributed by atoms with E-state index < -0.39 is 11.9 Å². The summed E-state index contributed by atoms with van der Waals surface area (Å²) < 4.78 is 0.